The molecule has 0 amide bonds. The van der Waals surface area contributed by atoms with Gasteiger partial charge in [-0.25, -0.2) is 0 Å². The molecule has 1 aromatic rings. The van der Waals surface area contributed by atoms with Crippen molar-refractivity contribution in [2.75, 3.05) is 18.1 Å². The van der Waals surface area contributed by atoms with Gasteiger partial charge in [-0.2, -0.15) is 16.9 Å². The molecule has 0 aromatic carbocycles. The van der Waals surface area contributed by atoms with E-state index in [1.807, 2.05) is 0 Å². The molecule has 0 aliphatic carbocycles. The molecule has 0 bridgehead atoms. The number of aromatic nitrogens is 2. The zero-order valence-corrected chi connectivity index (χ0v) is 15.2. The zero-order valence-electron chi connectivity index (χ0n) is 12.8. The number of likely N-dealkylation sites (N-methyl/N-ethyl adjacent to an activating group) is 1. The molecule has 1 N–H and O–H groups in total. The van der Waals surface area contributed by atoms with Gasteiger partial charge in [0.05, 0.1) is 15.9 Å². The van der Waals surface area contributed by atoms with Gasteiger partial charge >= 0.3 is 0 Å². The Kier molecular flexibility index (Phi) is 6.43. The molecule has 2 atom stereocenters. The maximum absolute atomic E-state index is 4.72. The van der Waals surface area contributed by atoms with Crippen LogP contribution in [0.5, 0.6) is 0 Å². The highest BCUT2D eigenvalue weighted by Crippen LogP contribution is 2.30. The van der Waals surface area contributed by atoms with E-state index in [0.29, 0.717) is 6.04 Å². The van der Waals surface area contributed by atoms with Crippen LogP contribution in [0.2, 0.25) is 0 Å². The molecule has 20 heavy (non-hydrogen) atoms. The van der Waals surface area contributed by atoms with Crippen LogP contribution in [0.15, 0.2) is 4.47 Å². The molecule has 0 radical (unpaired) electrons. The number of hydrogen-bond donors (Lipinski definition) is 1. The summed E-state index contributed by atoms with van der Waals surface area (Å²) in [7, 11) is 0. The van der Waals surface area contributed by atoms with Crippen molar-refractivity contribution in [2.24, 2.45) is 5.92 Å². The highest BCUT2D eigenvalue weighted by Gasteiger charge is 2.27. The van der Waals surface area contributed by atoms with Crippen LogP contribution >= 0.6 is 27.7 Å². The number of nitrogens with one attached hydrogen (secondary N) is 1. The third-order valence-electron chi connectivity index (χ3n) is 4.11. The highest BCUT2D eigenvalue weighted by atomic mass is 79.9. The fraction of sp³-hybridized carbons (Fsp3) is 0.800. The second-order valence-electron chi connectivity index (χ2n) is 5.37. The first kappa shape index (κ1) is 16.4. The van der Waals surface area contributed by atoms with E-state index in [2.05, 4.69) is 58.5 Å². The summed E-state index contributed by atoms with van der Waals surface area (Å²) in [4.78, 5) is 0. The number of halogens is 1. The number of aryl methyl sites for hydroxylation is 2. The SMILES string of the molecule is CCNC(Cc1c(Br)c(CC)nn1CC)C1CCSC1. The van der Waals surface area contributed by atoms with Crippen LogP contribution < -0.4 is 5.32 Å². The topological polar surface area (TPSA) is 29.9 Å². The van der Waals surface area contributed by atoms with Gasteiger partial charge in [0.15, 0.2) is 0 Å². The van der Waals surface area contributed by atoms with E-state index in [-0.39, 0.29) is 0 Å². The summed E-state index contributed by atoms with van der Waals surface area (Å²) in [5, 5.41) is 8.43. The lowest BCUT2D eigenvalue weighted by atomic mass is 9.94. The second kappa shape index (κ2) is 7.85. The van der Waals surface area contributed by atoms with Crippen molar-refractivity contribution in [3.05, 3.63) is 15.9 Å². The lowest BCUT2D eigenvalue weighted by Crippen LogP contribution is -2.38. The van der Waals surface area contributed by atoms with Gasteiger partial charge in [0, 0.05) is 19.0 Å². The Bertz CT molecular complexity index is 427. The van der Waals surface area contributed by atoms with Crippen molar-refractivity contribution in [1.29, 1.82) is 0 Å². The van der Waals surface area contributed by atoms with Crippen LogP contribution in [0.3, 0.4) is 0 Å². The Morgan fingerprint density at radius 2 is 2.25 bits per heavy atom. The van der Waals surface area contributed by atoms with Crippen molar-refractivity contribution in [1.82, 2.24) is 15.1 Å². The summed E-state index contributed by atoms with van der Waals surface area (Å²) in [5.41, 5.74) is 2.56. The summed E-state index contributed by atoms with van der Waals surface area (Å²) < 4.78 is 3.41. The van der Waals surface area contributed by atoms with Gasteiger partial charge in [-0.05, 0) is 59.7 Å². The number of thioether (sulfide) groups is 1. The average Bonchev–Trinajstić information content (AvgIpc) is 3.07. The molecule has 2 unspecified atom stereocenters. The third-order valence-corrected chi connectivity index (χ3v) is 6.21. The first-order chi connectivity index (χ1) is 9.71. The molecule has 2 rings (SSSR count). The van der Waals surface area contributed by atoms with E-state index in [1.54, 1.807) is 0 Å². The molecule has 0 saturated carbocycles. The largest absolute Gasteiger partial charge is 0.314 e. The number of hydrogen-bond acceptors (Lipinski definition) is 3. The molecule has 2 heterocycles. The molecule has 3 nitrogen and oxygen atoms in total. The van der Waals surface area contributed by atoms with Crippen LogP contribution in [0.1, 0.15) is 38.6 Å². The minimum absolute atomic E-state index is 0.581. The quantitative estimate of drug-likeness (QED) is 0.807. The average molecular weight is 360 g/mol. The van der Waals surface area contributed by atoms with Gasteiger partial charge in [0.2, 0.25) is 0 Å². The van der Waals surface area contributed by atoms with E-state index in [0.717, 1.165) is 31.8 Å². The van der Waals surface area contributed by atoms with E-state index in [4.69, 9.17) is 5.10 Å². The molecule has 1 aliphatic rings. The minimum atomic E-state index is 0.581. The Morgan fingerprint density at radius 3 is 2.80 bits per heavy atom. The minimum Gasteiger partial charge on any atom is -0.314 e. The van der Waals surface area contributed by atoms with Crippen LogP contribution in [-0.4, -0.2) is 33.9 Å². The fourth-order valence-corrected chi connectivity index (χ4v) is 5.02. The smallest absolute Gasteiger partial charge is 0.0766 e. The van der Waals surface area contributed by atoms with E-state index >= 15 is 0 Å². The standard InChI is InChI=1S/C15H26BrN3S/c1-4-12-15(16)14(19(6-3)18-12)9-13(17-5-2)11-7-8-20-10-11/h11,13,17H,4-10H2,1-3H3. The lowest BCUT2D eigenvalue weighted by Gasteiger charge is -2.24. The van der Waals surface area contributed by atoms with Crippen LogP contribution in [-0.2, 0) is 19.4 Å². The maximum Gasteiger partial charge on any atom is 0.0766 e. The van der Waals surface area contributed by atoms with Gasteiger partial charge in [-0.15, -0.1) is 0 Å². The number of rotatable bonds is 7. The zero-order chi connectivity index (χ0) is 14.5. The molecular formula is C15H26BrN3S. The Labute approximate surface area is 135 Å². The molecule has 1 aromatic heterocycles. The molecule has 1 fully saturated rings. The molecule has 0 spiro atoms. The van der Waals surface area contributed by atoms with Gasteiger partial charge < -0.3 is 5.32 Å². The predicted molar refractivity (Wildman–Crippen MR) is 91.6 cm³/mol. The van der Waals surface area contributed by atoms with Crippen molar-refractivity contribution >= 4 is 27.7 Å². The number of nitrogens with zero attached hydrogens (tertiary/aromatic N) is 2. The van der Waals surface area contributed by atoms with Crippen molar-refractivity contribution in [2.45, 2.75) is 52.6 Å². The summed E-state index contributed by atoms with van der Waals surface area (Å²) in [6, 6.07) is 0.581. The van der Waals surface area contributed by atoms with Crippen LogP contribution in [0.25, 0.3) is 0 Å². The van der Waals surface area contributed by atoms with Crippen molar-refractivity contribution in [3.8, 4) is 0 Å². The van der Waals surface area contributed by atoms with E-state index in [1.165, 1.54) is 33.8 Å². The van der Waals surface area contributed by atoms with Gasteiger partial charge in [0.1, 0.15) is 0 Å². The third kappa shape index (κ3) is 3.60. The highest BCUT2D eigenvalue weighted by molar-refractivity contribution is 9.10. The summed E-state index contributed by atoms with van der Waals surface area (Å²) >= 11 is 5.87. The Morgan fingerprint density at radius 1 is 1.45 bits per heavy atom. The summed E-state index contributed by atoms with van der Waals surface area (Å²) in [6.07, 6.45) is 3.42. The van der Waals surface area contributed by atoms with Gasteiger partial charge in [0.25, 0.3) is 0 Å². The van der Waals surface area contributed by atoms with Crippen LogP contribution in [0, 0.1) is 5.92 Å². The molecule has 114 valence electrons. The van der Waals surface area contributed by atoms with Crippen LogP contribution in [0.4, 0.5) is 0 Å². The molecule has 1 saturated heterocycles. The first-order valence-corrected chi connectivity index (χ1v) is 9.71. The molecule has 5 heteroatoms. The van der Waals surface area contributed by atoms with Crippen molar-refractivity contribution < 1.29 is 0 Å². The normalized spacial score (nSPS) is 20.5. The summed E-state index contributed by atoms with van der Waals surface area (Å²) in [5.74, 6) is 3.43. The fourth-order valence-electron chi connectivity index (χ4n) is 2.96. The van der Waals surface area contributed by atoms with E-state index < -0.39 is 0 Å². The first-order valence-electron chi connectivity index (χ1n) is 7.76. The molecule has 1 aliphatic heterocycles. The Balaban J connectivity index is 2.18. The van der Waals surface area contributed by atoms with E-state index in [9.17, 15) is 0 Å². The predicted octanol–water partition coefficient (Wildman–Crippen LogP) is 3.50. The summed E-state index contributed by atoms with van der Waals surface area (Å²) in [6.45, 7) is 8.55. The second-order valence-corrected chi connectivity index (χ2v) is 7.31. The van der Waals surface area contributed by atoms with Gasteiger partial charge in [-0.3, -0.25) is 4.68 Å². The maximum atomic E-state index is 4.72. The monoisotopic (exact) mass is 359 g/mol. The van der Waals surface area contributed by atoms with Crippen molar-refractivity contribution in [3.63, 3.8) is 0 Å². The Hall–Kier alpha value is -0.000000000000000111. The molecular weight excluding hydrogens is 334 g/mol. The lowest BCUT2D eigenvalue weighted by molar-refractivity contribution is 0.377. The van der Waals surface area contributed by atoms with Gasteiger partial charge in [-0.1, -0.05) is 13.8 Å².